The van der Waals surface area contributed by atoms with E-state index in [2.05, 4.69) is 25.7 Å². The first-order valence-electron chi connectivity index (χ1n) is 5.93. The third-order valence-electron chi connectivity index (χ3n) is 4.27. The smallest absolute Gasteiger partial charge is 0.0331 e. The Kier molecular flexibility index (Phi) is 2.39. The predicted octanol–water partition coefficient (Wildman–Crippen LogP) is 1.85. The van der Waals surface area contributed by atoms with Crippen LogP contribution in [0.15, 0.2) is 0 Å². The van der Waals surface area contributed by atoms with E-state index >= 15 is 0 Å². The van der Waals surface area contributed by atoms with E-state index in [-0.39, 0.29) is 0 Å². The molecular formula is C12H24N2. The Labute approximate surface area is 87.8 Å². The van der Waals surface area contributed by atoms with Crippen molar-refractivity contribution in [2.75, 3.05) is 19.6 Å². The van der Waals surface area contributed by atoms with E-state index in [4.69, 9.17) is 5.73 Å². The lowest BCUT2D eigenvalue weighted by Gasteiger charge is -2.39. The van der Waals surface area contributed by atoms with Crippen LogP contribution in [0.5, 0.6) is 0 Å². The van der Waals surface area contributed by atoms with Gasteiger partial charge in [0.1, 0.15) is 0 Å². The molecule has 2 aliphatic rings. The summed E-state index contributed by atoms with van der Waals surface area (Å²) in [6, 6.07) is 0. The van der Waals surface area contributed by atoms with Crippen LogP contribution in [0.3, 0.4) is 0 Å². The van der Waals surface area contributed by atoms with Gasteiger partial charge in [-0.25, -0.2) is 0 Å². The fraction of sp³-hybridized carbons (Fsp3) is 1.00. The van der Waals surface area contributed by atoms with Gasteiger partial charge in [0.15, 0.2) is 0 Å². The van der Waals surface area contributed by atoms with Crippen LogP contribution in [0.1, 0.15) is 40.0 Å². The normalized spacial score (nSPS) is 31.7. The van der Waals surface area contributed by atoms with Gasteiger partial charge in [-0.1, -0.05) is 13.8 Å². The summed E-state index contributed by atoms with van der Waals surface area (Å²) in [5, 5.41) is 0. The van der Waals surface area contributed by atoms with Crippen LogP contribution in [0.25, 0.3) is 0 Å². The lowest BCUT2D eigenvalue weighted by Crippen LogP contribution is -2.52. The van der Waals surface area contributed by atoms with E-state index in [1.807, 2.05) is 0 Å². The highest BCUT2D eigenvalue weighted by atomic mass is 15.2. The highest BCUT2D eigenvalue weighted by Crippen LogP contribution is 2.45. The molecule has 1 aliphatic carbocycles. The minimum Gasteiger partial charge on any atom is -0.329 e. The predicted molar refractivity (Wildman–Crippen MR) is 60.2 cm³/mol. The van der Waals surface area contributed by atoms with Gasteiger partial charge in [-0.2, -0.15) is 0 Å². The summed E-state index contributed by atoms with van der Waals surface area (Å²) in [5.41, 5.74) is 6.78. The molecule has 14 heavy (non-hydrogen) atoms. The Bertz CT molecular complexity index is 220. The van der Waals surface area contributed by atoms with E-state index in [9.17, 15) is 0 Å². The number of hydrogen-bond acceptors (Lipinski definition) is 2. The van der Waals surface area contributed by atoms with Crippen molar-refractivity contribution in [3.05, 3.63) is 0 Å². The van der Waals surface area contributed by atoms with Crippen LogP contribution < -0.4 is 5.73 Å². The Balaban J connectivity index is 2.06. The number of nitrogens with zero attached hydrogens (tertiary/aromatic N) is 1. The minimum atomic E-state index is 0.299. The van der Waals surface area contributed by atoms with Crippen LogP contribution in [-0.2, 0) is 0 Å². The van der Waals surface area contributed by atoms with E-state index in [0.717, 1.165) is 12.5 Å². The molecule has 1 saturated carbocycles. The standard InChI is InChI=1S/C12H24N2/c1-11(2)6-7-14(9-11)12(3,8-13)10-4-5-10/h10H,4-9,13H2,1-3H3. The van der Waals surface area contributed by atoms with Gasteiger partial charge in [0.05, 0.1) is 0 Å². The third-order valence-corrected chi connectivity index (χ3v) is 4.27. The van der Waals surface area contributed by atoms with Crippen LogP contribution in [-0.4, -0.2) is 30.1 Å². The molecule has 0 amide bonds. The second-order valence-corrected chi connectivity index (χ2v) is 6.17. The van der Waals surface area contributed by atoms with Gasteiger partial charge >= 0.3 is 0 Å². The van der Waals surface area contributed by atoms with Gasteiger partial charge in [0.25, 0.3) is 0 Å². The molecule has 2 N–H and O–H groups in total. The highest BCUT2D eigenvalue weighted by Gasteiger charge is 2.47. The van der Waals surface area contributed by atoms with Gasteiger partial charge in [-0.3, -0.25) is 4.90 Å². The Morgan fingerprint density at radius 2 is 2.07 bits per heavy atom. The van der Waals surface area contributed by atoms with Crippen molar-refractivity contribution >= 4 is 0 Å². The first-order chi connectivity index (χ1) is 6.48. The van der Waals surface area contributed by atoms with Crippen molar-refractivity contribution in [3.63, 3.8) is 0 Å². The molecule has 0 aromatic rings. The van der Waals surface area contributed by atoms with E-state index in [1.54, 1.807) is 0 Å². The van der Waals surface area contributed by atoms with Gasteiger partial charge in [0.2, 0.25) is 0 Å². The third kappa shape index (κ3) is 1.70. The quantitative estimate of drug-likeness (QED) is 0.746. The second-order valence-electron chi connectivity index (χ2n) is 6.17. The molecule has 0 aromatic heterocycles. The zero-order valence-corrected chi connectivity index (χ0v) is 9.84. The maximum Gasteiger partial charge on any atom is 0.0331 e. The Morgan fingerprint density at radius 3 is 2.43 bits per heavy atom. The molecule has 1 heterocycles. The van der Waals surface area contributed by atoms with Crippen LogP contribution in [0.4, 0.5) is 0 Å². The number of hydrogen-bond donors (Lipinski definition) is 1. The molecule has 0 bridgehead atoms. The largest absolute Gasteiger partial charge is 0.329 e. The van der Waals surface area contributed by atoms with Gasteiger partial charge in [-0.15, -0.1) is 0 Å². The highest BCUT2D eigenvalue weighted by molar-refractivity contribution is 5.03. The van der Waals surface area contributed by atoms with Crippen molar-refractivity contribution in [2.45, 2.75) is 45.6 Å². The van der Waals surface area contributed by atoms with Gasteiger partial charge < -0.3 is 5.73 Å². The topological polar surface area (TPSA) is 29.3 Å². The van der Waals surface area contributed by atoms with Crippen molar-refractivity contribution < 1.29 is 0 Å². The van der Waals surface area contributed by atoms with Crippen molar-refractivity contribution in [2.24, 2.45) is 17.1 Å². The van der Waals surface area contributed by atoms with E-state index in [0.29, 0.717) is 11.0 Å². The lowest BCUT2D eigenvalue weighted by molar-refractivity contribution is 0.106. The summed E-state index contributed by atoms with van der Waals surface area (Å²) in [5.74, 6) is 0.876. The molecule has 0 aromatic carbocycles. The fourth-order valence-electron chi connectivity index (χ4n) is 2.81. The second kappa shape index (κ2) is 3.21. The summed E-state index contributed by atoms with van der Waals surface area (Å²) in [7, 11) is 0. The first kappa shape index (κ1) is 10.4. The fourth-order valence-corrected chi connectivity index (χ4v) is 2.81. The van der Waals surface area contributed by atoms with Crippen molar-refractivity contribution in [3.8, 4) is 0 Å². The monoisotopic (exact) mass is 196 g/mol. The minimum absolute atomic E-state index is 0.299. The molecule has 0 radical (unpaired) electrons. The van der Waals surface area contributed by atoms with Crippen molar-refractivity contribution in [1.29, 1.82) is 0 Å². The molecular weight excluding hydrogens is 172 g/mol. The summed E-state index contributed by atoms with van der Waals surface area (Å²) in [4.78, 5) is 2.64. The molecule has 1 saturated heterocycles. The van der Waals surface area contributed by atoms with Crippen molar-refractivity contribution in [1.82, 2.24) is 4.90 Å². The van der Waals surface area contributed by atoms with E-state index in [1.165, 1.54) is 32.4 Å². The van der Waals surface area contributed by atoms with Crippen LogP contribution in [0.2, 0.25) is 0 Å². The summed E-state index contributed by atoms with van der Waals surface area (Å²) < 4.78 is 0. The maximum atomic E-state index is 5.97. The average Bonchev–Trinajstić information content (AvgIpc) is 2.90. The van der Waals surface area contributed by atoms with Gasteiger partial charge in [-0.05, 0) is 44.1 Å². The molecule has 1 atom stereocenters. The molecule has 0 spiro atoms. The molecule has 1 unspecified atom stereocenters. The SMILES string of the molecule is CC1(C)CCN(C(C)(CN)C2CC2)C1. The Hall–Kier alpha value is -0.0800. The maximum absolute atomic E-state index is 5.97. The summed E-state index contributed by atoms with van der Waals surface area (Å²) in [6.45, 7) is 10.4. The van der Waals surface area contributed by atoms with Crippen LogP contribution in [0, 0.1) is 11.3 Å². The van der Waals surface area contributed by atoms with Gasteiger partial charge in [0, 0.05) is 18.6 Å². The number of likely N-dealkylation sites (tertiary alicyclic amines) is 1. The molecule has 2 fully saturated rings. The van der Waals surface area contributed by atoms with E-state index < -0.39 is 0 Å². The molecule has 2 nitrogen and oxygen atoms in total. The molecule has 82 valence electrons. The number of nitrogens with two attached hydrogens (primary N) is 1. The Morgan fingerprint density at radius 1 is 1.43 bits per heavy atom. The lowest BCUT2D eigenvalue weighted by atomic mass is 9.91. The molecule has 2 rings (SSSR count). The molecule has 2 heteroatoms. The summed E-state index contributed by atoms with van der Waals surface area (Å²) in [6.07, 6.45) is 4.12. The first-order valence-corrected chi connectivity index (χ1v) is 5.93. The molecule has 1 aliphatic heterocycles. The van der Waals surface area contributed by atoms with Crippen LogP contribution >= 0.6 is 0 Å². The number of rotatable bonds is 3. The zero-order valence-electron chi connectivity index (χ0n) is 9.84. The summed E-state index contributed by atoms with van der Waals surface area (Å²) >= 11 is 0. The average molecular weight is 196 g/mol. The zero-order chi connectivity index (χ0) is 10.4.